The van der Waals surface area contributed by atoms with Crippen molar-refractivity contribution in [1.29, 1.82) is 0 Å². The molecule has 0 aromatic rings. The van der Waals surface area contributed by atoms with Crippen molar-refractivity contribution in [3.8, 4) is 0 Å². The fraction of sp³-hybridized carbons (Fsp3) is 0.867. The van der Waals surface area contributed by atoms with Gasteiger partial charge < -0.3 is 20.3 Å². The van der Waals surface area contributed by atoms with Gasteiger partial charge in [0.1, 0.15) is 0 Å². The maximum absolute atomic E-state index is 12.4. The molecule has 66 heavy (non-hydrogen) atoms. The average Bonchev–Trinajstić information content (AvgIpc) is 3.32. The largest absolute Gasteiger partial charge is 0.466 e. The number of nitrogens with one attached hydrogen (secondary N) is 1. The molecule has 0 rings (SSSR count). The van der Waals surface area contributed by atoms with E-state index in [4.69, 9.17) is 4.74 Å². The van der Waals surface area contributed by atoms with Crippen LogP contribution >= 0.6 is 0 Å². The monoisotopic (exact) mass is 928 g/mol. The predicted molar refractivity (Wildman–Crippen MR) is 287 cm³/mol. The third-order valence-electron chi connectivity index (χ3n) is 13.4. The molecule has 0 bridgehead atoms. The Balaban J connectivity index is 3.36. The molecular formula is C60H113NO5. The van der Waals surface area contributed by atoms with E-state index in [2.05, 4.69) is 43.5 Å². The second-order valence-corrected chi connectivity index (χ2v) is 20.0. The van der Waals surface area contributed by atoms with Crippen LogP contribution in [0.4, 0.5) is 0 Å². The van der Waals surface area contributed by atoms with Gasteiger partial charge in [-0.2, -0.15) is 0 Å². The molecule has 388 valence electrons. The van der Waals surface area contributed by atoms with Crippen molar-refractivity contribution in [1.82, 2.24) is 5.32 Å². The number of ether oxygens (including phenoxy) is 1. The predicted octanol–water partition coefficient (Wildman–Crippen LogP) is 18.0. The smallest absolute Gasteiger partial charge is 0.305 e. The Morgan fingerprint density at radius 3 is 1.12 bits per heavy atom. The van der Waals surface area contributed by atoms with Crippen LogP contribution in [-0.2, 0) is 14.3 Å². The zero-order chi connectivity index (χ0) is 47.9. The Morgan fingerprint density at radius 2 is 0.727 bits per heavy atom. The van der Waals surface area contributed by atoms with E-state index in [-0.39, 0.29) is 18.5 Å². The Bertz CT molecular complexity index is 1070. The first-order valence-electron chi connectivity index (χ1n) is 29.3. The number of unbranched alkanes of at least 4 members (excludes halogenated alkanes) is 39. The molecule has 0 aromatic carbocycles. The highest BCUT2D eigenvalue weighted by atomic mass is 16.5. The number of carbonyl (C=O) groups excluding carboxylic acids is 2. The van der Waals surface area contributed by atoms with Crippen LogP contribution in [0, 0.1) is 0 Å². The van der Waals surface area contributed by atoms with E-state index in [1.165, 1.54) is 238 Å². The molecule has 6 heteroatoms. The minimum atomic E-state index is -0.841. The number of esters is 1. The molecule has 0 fully saturated rings. The highest BCUT2D eigenvalue weighted by Gasteiger charge is 2.18. The topological polar surface area (TPSA) is 95.9 Å². The van der Waals surface area contributed by atoms with Crippen molar-refractivity contribution in [3.63, 3.8) is 0 Å². The first kappa shape index (κ1) is 64.1. The van der Waals surface area contributed by atoms with Crippen LogP contribution in [-0.4, -0.2) is 47.4 Å². The Labute approximate surface area is 411 Å². The van der Waals surface area contributed by atoms with Crippen LogP contribution in [0.25, 0.3) is 0 Å². The molecule has 0 aliphatic rings. The standard InChI is InChI=1S/C60H113NO5/c1-3-5-7-9-11-13-33-38-42-46-50-54-60(65)66-55-51-47-43-39-35-32-30-28-26-24-22-20-18-16-14-15-17-19-21-23-25-27-29-31-34-37-41-45-49-53-59(64)61-57(56-62)58(63)52-48-44-40-36-12-10-8-6-4-2/h9,11,14,16,48,52,57-58,62-63H,3-8,10,12-13,15,17-47,49-51,53-56H2,1-2H3,(H,61,64)/b11-9-,16-14-,52-48+. The number of amides is 1. The van der Waals surface area contributed by atoms with Gasteiger partial charge in [-0.05, 0) is 77.0 Å². The van der Waals surface area contributed by atoms with Gasteiger partial charge in [-0.1, -0.05) is 256 Å². The fourth-order valence-electron chi connectivity index (χ4n) is 8.84. The molecule has 0 aliphatic heterocycles. The summed E-state index contributed by atoms with van der Waals surface area (Å²) in [4.78, 5) is 24.4. The molecule has 3 N–H and O–H groups in total. The molecule has 6 nitrogen and oxygen atoms in total. The number of hydrogen-bond acceptors (Lipinski definition) is 5. The van der Waals surface area contributed by atoms with E-state index < -0.39 is 12.1 Å². The lowest BCUT2D eigenvalue weighted by Gasteiger charge is -2.20. The van der Waals surface area contributed by atoms with Gasteiger partial charge in [-0.15, -0.1) is 0 Å². The van der Waals surface area contributed by atoms with Crippen LogP contribution in [0.3, 0.4) is 0 Å². The van der Waals surface area contributed by atoms with Crippen molar-refractivity contribution < 1.29 is 24.5 Å². The summed E-state index contributed by atoms with van der Waals surface area (Å²) < 4.78 is 5.46. The lowest BCUT2D eigenvalue weighted by atomic mass is 10.0. The molecule has 2 unspecified atom stereocenters. The van der Waals surface area contributed by atoms with Gasteiger partial charge in [-0.25, -0.2) is 0 Å². The summed E-state index contributed by atoms with van der Waals surface area (Å²) in [5.74, 6) is -0.0652. The van der Waals surface area contributed by atoms with Gasteiger partial charge in [-0.3, -0.25) is 9.59 Å². The lowest BCUT2D eigenvalue weighted by molar-refractivity contribution is -0.143. The van der Waals surface area contributed by atoms with E-state index in [0.29, 0.717) is 19.4 Å². The van der Waals surface area contributed by atoms with Gasteiger partial charge in [0.25, 0.3) is 0 Å². The number of aliphatic hydroxyl groups is 2. The Morgan fingerprint density at radius 1 is 0.409 bits per heavy atom. The van der Waals surface area contributed by atoms with Crippen LogP contribution in [0.15, 0.2) is 36.5 Å². The van der Waals surface area contributed by atoms with Crippen molar-refractivity contribution in [2.45, 2.75) is 321 Å². The van der Waals surface area contributed by atoms with Gasteiger partial charge in [0, 0.05) is 12.8 Å². The van der Waals surface area contributed by atoms with Gasteiger partial charge in [0.2, 0.25) is 5.91 Å². The molecule has 0 spiro atoms. The lowest BCUT2D eigenvalue weighted by Crippen LogP contribution is -2.45. The normalized spacial score (nSPS) is 12.8. The molecule has 1 amide bonds. The number of allylic oxidation sites excluding steroid dienone is 5. The summed E-state index contributed by atoms with van der Waals surface area (Å²) in [5.41, 5.74) is 0. The molecule has 0 saturated heterocycles. The summed E-state index contributed by atoms with van der Waals surface area (Å²) in [6, 6.07) is -0.625. The molecule has 2 atom stereocenters. The van der Waals surface area contributed by atoms with Crippen LogP contribution in [0.1, 0.15) is 309 Å². The van der Waals surface area contributed by atoms with Gasteiger partial charge in [0.05, 0.1) is 25.4 Å². The number of rotatable bonds is 54. The number of hydrogen-bond donors (Lipinski definition) is 3. The molecule has 0 aromatic heterocycles. The van der Waals surface area contributed by atoms with Crippen LogP contribution in [0.5, 0.6) is 0 Å². The summed E-state index contributed by atoms with van der Waals surface area (Å²) in [6.07, 6.45) is 69.1. The Kier molecular flexibility index (Phi) is 54.1. The van der Waals surface area contributed by atoms with Crippen molar-refractivity contribution >= 4 is 11.9 Å². The van der Waals surface area contributed by atoms with Gasteiger partial charge in [0.15, 0.2) is 0 Å². The van der Waals surface area contributed by atoms with E-state index in [9.17, 15) is 19.8 Å². The summed E-state index contributed by atoms with van der Waals surface area (Å²) in [6.45, 7) is 4.84. The second kappa shape index (κ2) is 55.7. The minimum absolute atomic E-state index is 0.00455. The first-order chi connectivity index (χ1) is 32.5. The molecule has 0 heterocycles. The minimum Gasteiger partial charge on any atom is -0.466 e. The third kappa shape index (κ3) is 51.5. The summed E-state index contributed by atoms with van der Waals surface area (Å²) in [7, 11) is 0. The van der Waals surface area contributed by atoms with Crippen LogP contribution in [0.2, 0.25) is 0 Å². The summed E-state index contributed by atoms with van der Waals surface area (Å²) >= 11 is 0. The van der Waals surface area contributed by atoms with Crippen molar-refractivity contribution in [2.75, 3.05) is 13.2 Å². The quantitative estimate of drug-likeness (QED) is 0.0321. The summed E-state index contributed by atoms with van der Waals surface area (Å²) in [5, 5.41) is 22.9. The maximum Gasteiger partial charge on any atom is 0.305 e. The number of aliphatic hydroxyl groups excluding tert-OH is 2. The highest BCUT2D eigenvalue weighted by Crippen LogP contribution is 2.16. The molecule has 0 aliphatic carbocycles. The first-order valence-corrected chi connectivity index (χ1v) is 29.3. The molecule has 0 radical (unpaired) electrons. The van der Waals surface area contributed by atoms with Crippen molar-refractivity contribution in [2.24, 2.45) is 0 Å². The molecule has 0 saturated carbocycles. The molecular weight excluding hydrogens is 815 g/mol. The van der Waals surface area contributed by atoms with E-state index >= 15 is 0 Å². The van der Waals surface area contributed by atoms with Crippen molar-refractivity contribution in [3.05, 3.63) is 36.5 Å². The van der Waals surface area contributed by atoms with Crippen LogP contribution < -0.4 is 5.32 Å². The van der Waals surface area contributed by atoms with Gasteiger partial charge >= 0.3 is 5.97 Å². The highest BCUT2D eigenvalue weighted by molar-refractivity contribution is 5.76. The number of carbonyl (C=O) groups is 2. The SMILES string of the molecule is CCCC/C=C\CCCCCCCC(=O)OCCCCCCCCCCCCCC/C=C\CCCCCCCCCCCCCCCC(=O)NC(CO)C(O)/C=C/CCCCCCCCC. The van der Waals surface area contributed by atoms with E-state index in [1.54, 1.807) is 6.08 Å². The maximum atomic E-state index is 12.4. The average molecular weight is 929 g/mol. The fourth-order valence-corrected chi connectivity index (χ4v) is 8.84. The Hall–Kier alpha value is -1.92. The zero-order valence-electron chi connectivity index (χ0n) is 44.2. The zero-order valence-corrected chi connectivity index (χ0v) is 44.2. The van der Waals surface area contributed by atoms with E-state index in [1.807, 2.05) is 6.08 Å². The van der Waals surface area contributed by atoms with E-state index in [0.717, 1.165) is 44.9 Å². The third-order valence-corrected chi connectivity index (χ3v) is 13.4. The second-order valence-electron chi connectivity index (χ2n) is 20.0.